The molecule has 0 spiro atoms. The van der Waals surface area contributed by atoms with E-state index in [2.05, 4.69) is 26.6 Å². The quantitative estimate of drug-likeness (QED) is 0.568. The van der Waals surface area contributed by atoms with E-state index in [9.17, 15) is 4.79 Å². The molecule has 0 saturated heterocycles. The summed E-state index contributed by atoms with van der Waals surface area (Å²) in [6, 6.07) is -0.557. The molecule has 2 rings (SSSR count). The molecule has 6 nitrogen and oxygen atoms in total. The maximum Gasteiger partial charge on any atom is 0.369 e. The Morgan fingerprint density at radius 1 is 1.46 bits per heavy atom. The maximum absolute atomic E-state index is 10.8. The molecule has 2 heterocycles. The third kappa shape index (κ3) is 1.28. The molecular formula is C7H5N5O. The zero-order valence-electron chi connectivity index (χ0n) is 6.58. The molecule has 2 amide bonds. The molecule has 1 aromatic heterocycles. The minimum atomic E-state index is -0.557. The van der Waals surface area contributed by atoms with Gasteiger partial charge in [-0.1, -0.05) is 6.58 Å². The third-order valence-electron chi connectivity index (χ3n) is 1.46. The molecule has 6 heteroatoms. The van der Waals surface area contributed by atoms with Gasteiger partial charge < -0.3 is 0 Å². The van der Waals surface area contributed by atoms with Crippen LogP contribution >= 0.6 is 0 Å². The Balaban J connectivity index is 2.44. The largest absolute Gasteiger partial charge is 0.369 e. The van der Waals surface area contributed by atoms with Gasteiger partial charge in [0.25, 0.3) is 0 Å². The Morgan fingerprint density at radius 3 is 3.00 bits per heavy atom. The van der Waals surface area contributed by atoms with E-state index in [1.54, 1.807) is 0 Å². The number of aliphatic imine (C=N–C) groups is 2. The number of rotatable bonds is 0. The molecule has 0 aromatic carbocycles. The van der Waals surface area contributed by atoms with Gasteiger partial charge in [-0.3, -0.25) is 0 Å². The van der Waals surface area contributed by atoms with Crippen molar-refractivity contribution in [2.75, 3.05) is 0 Å². The first-order valence-electron chi connectivity index (χ1n) is 3.48. The summed E-state index contributed by atoms with van der Waals surface area (Å²) in [7, 11) is 0. The molecule has 1 aromatic rings. The Bertz CT molecular complexity index is 414. The number of hydrogen-bond acceptors (Lipinski definition) is 3. The smallest absolute Gasteiger partial charge is 0.244 e. The molecule has 0 radical (unpaired) electrons. The lowest BCUT2D eigenvalue weighted by Crippen LogP contribution is -2.20. The molecule has 0 fully saturated rings. The molecule has 0 unspecified atom stereocenters. The highest BCUT2D eigenvalue weighted by Crippen LogP contribution is 2.02. The summed E-state index contributed by atoms with van der Waals surface area (Å²) in [5.41, 5.74) is 0.533. The van der Waals surface area contributed by atoms with Crippen LogP contribution in [0.2, 0.25) is 0 Å². The second kappa shape index (κ2) is 2.74. The van der Waals surface area contributed by atoms with Crippen molar-refractivity contribution >= 4 is 18.1 Å². The number of carbonyl (C=O) groups is 1. The second-order valence-electron chi connectivity index (χ2n) is 2.34. The molecule has 1 aliphatic heterocycles. The fourth-order valence-corrected chi connectivity index (χ4v) is 0.898. The van der Waals surface area contributed by atoms with Crippen molar-refractivity contribution in [3.8, 4) is 0 Å². The van der Waals surface area contributed by atoms with Gasteiger partial charge in [-0.2, -0.15) is 15.1 Å². The van der Waals surface area contributed by atoms with Crippen LogP contribution in [-0.4, -0.2) is 32.8 Å². The minimum Gasteiger partial charge on any atom is -0.244 e. The predicted octanol–water partition coefficient (Wildman–Crippen LogP) is 0.285. The summed E-state index contributed by atoms with van der Waals surface area (Å²) >= 11 is 0. The standard InChI is InChI=1S/C7H5N5O/c1-5-2-9-7(13)11-6(5)12-4-8-3-10-12/h2-4H,1H2. The van der Waals surface area contributed by atoms with Gasteiger partial charge in [0.15, 0.2) is 5.84 Å². The van der Waals surface area contributed by atoms with E-state index < -0.39 is 6.03 Å². The number of hydrogen-bond donors (Lipinski definition) is 0. The van der Waals surface area contributed by atoms with Crippen LogP contribution < -0.4 is 0 Å². The fourth-order valence-electron chi connectivity index (χ4n) is 0.898. The first-order chi connectivity index (χ1) is 6.27. The van der Waals surface area contributed by atoms with Gasteiger partial charge in [0.1, 0.15) is 12.7 Å². The van der Waals surface area contributed by atoms with Crippen molar-refractivity contribution in [3.63, 3.8) is 0 Å². The van der Waals surface area contributed by atoms with Crippen molar-refractivity contribution in [1.29, 1.82) is 0 Å². The topological polar surface area (TPSA) is 72.5 Å². The number of urea groups is 1. The van der Waals surface area contributed by atoms with Crippen molar-refractivity contribution in [2.24, 2.45) is 9.98 Å². The molecule has 0 aliphatic carbocycles. The van der Waals surface area contributed by atoms with Crippen LogP contribution in [0, 0.1) is 0 Å². The normalized spacial score (nSPS) is 16.2. The van der Waals surface area contributed by atoms with Gasteiger partial charge in [0, 0.05) is 11.8 Å². The predicted molar refractivity (Wildman–Crippen MR) is 45.9 cm³/mol. The maximum atomic E-state index is 10.8. The number of carbonyl (C=O) groups excluding carboxylic acids is 1. The highest BCUT2D eigenvalue weighted by molar-refractivity contribution is 6.22. The molecule has 0 saturated carbocycles. The first kappa shape index (κ1) is 7.53. The second-order valence-corrected chi connectivity index (χ2v) is 2.34. The van der Waals surface area contributed by atoms with Crippen LogP contribution in [0.15, 0.2) is 34.8 Å². The van der Waals surface area contributed by atoms with Crippen LogP contribution in [0.3, 0.4) is 0 Å². The monoisotopic (exact) mass is 175 g/mol. The molecule has 64 valence electrons. The van der Waals surface area contributed by atoms with E-state index >= 15 is 0 Å². The number of allylic oxidation sites excluding steroid dienone is 1. The van der Waals surface area contributed by atoms with E-state index in [0.717, 1.165) is 0 Å². The summed E-state index contributed by atoms with van der Waals surface area (Å²) in [6.07, 6.45) is 4.15. The Hall–Kier alpha value is -2.11. The average molecular weight is 175 g/mol. The van der Waals surface area contributed by atoms with Crippen molar-refractivity contribution < 1.29 is 4.79 Å². The Morgan fingerprint density at radius 2 is 2.31 bits per heavy atom. The van der Waals surface area contributed by atoms with Gasteiger partial charge in [0.2, 0.25) is 0 Å². The van der Waals surface area contributed by atoms with Crippen molar-refractivity contribution in [2.45, 2.75) is 0 Å². The highest BCUT2D eigenvalue weighted by atomic mass is 16.2. The first-order valence-corrected chi connectivity index (χ1v) is 3.48. The minimum absolute atomic E-state index is 0.359. The van der Waals surface area contributed by atoms with E-state index in [0.29, 0.717) is 11.4 Å². The van der Waals surface area contributed by atoms with Gasteiger partial charge >= 0.3 is 6.03 Å². The lowest BCUT2D eigenvalue weighted by molar-refractivity contribution is 0.257. The summed E-state index contributed by atoms with van der Waals surface area (Å²) in [6.45, 7) is 3.67. The van der Waals surface area contributed by atoms with Gasteiger partial charge in [0.05, 0.1) is 0 Å². The third-order valence-corrected chi connectivity index (χ3v) is 1.46. The summed E-state index contributed by atoms with van der Waals surface area (Å²) in [5, 5.41) is 3.82. The number of amides is 2. The zero-order valence-corrected chi connectivity index (χ0v) is 6.58. The average Bonchev–Trinajstić information content (AvgIpc) is 2.61. The van der Waals surface area contributed by atoms with Gasteiger partial charge in [-0.25, -0.2) is 14.5 Å². The van der Waals surface area contributed by atoms with Gasteiger partial charge in [-0.15, -0.1) is 0 Å². The molecule has 0 bridgehead atoms. The van der Waals surface area contributed by atoms with Crippen LogP contribution in [0.25, 0.3) is 0 Å². The summed E-state index contributed by atoms with van der Waals surface area (Å²) in [5.74, 6) is 0.359. The number of nitrogens with zero attached hydrogens (tertiary/aromatic N) is 5. The lowest BCUT2D eigenvalue weighted by Gasteiger charge is -2.06. The molecular weight excluding hydrogens is 170 g/mol. The highest BCUT2D eigenvalue weighted by Gasteiger charge is 2.13. The Kier molecular flexibility index (Phi) is 1.59. The van der Waals surface area contributed by atoms with Gasteiger partial charge in [-0.05, 0) is 0 Å². The van der Waals surface area contributed by atoms with Crippen molar-refractivity contribution in [1.82, 2.24) is 14.8 Å². The molecule has 0 atom stereocenters. The van der Waals surface area contributed by atoms with E-state index in [1.165, 1.54) is 23.6 Å². The van der Waals surface area contributed by atoms with E-state index in [1.807, 2.05) is 0 Å². The summed E-state index contributed by atoms with van der Waals surface area (Å²) in [4.78, 5) is 21.7. The molecule has 1 aliphatic rings. The van der Waals surface area contributed by atoms with Crippen LogP contribution in [0.4, 0.5) is 4.79 Å². The zero-order chi connectivity index (χ0) is 9.26. The molecule has 0 N–H and O–H groups in total. The van der Waals surface area contributed by atoms with Crippen LogP contribution in [0.5, 0.6) is 0 Å². The SMILES string of the molecule is C=C1C=NC(=O)N=C1n1cncn1. The van der Waals surface area contributed by atoms with E-state index in [-0.39, 0.29) is 0 Å². The van der Waals surface area contributed by atoms with E-state index in [4.69, 9.17) is 0 Å². The van der Waals surface area contributed by atoms with Crippen LogP contribution in [0.1, 0.15) is 0 Å². The van der Waals surface area contributed by atoms with Crippen molar-refractivity contribution in [3.05, 3.63) is 24.8 Å². The fraction of sp³-hybridized carbons (Fsp3) is 0. The molecule has 13 heavy (non-hydrogen) atoms. The lowest BCUT2D eigenvalue weighted by atomic mass is 10.3. The number of aromatic nitrogens is 3. The van der Waals surface area contributed by atoms with Crippen LogP contribution in [-0.2, 0) is 0 Å². The summed E-state index contributed by atoms with van der Waals surface area (Å²) < 4.78 is 1.37. The Labute approximate surface area is 73.3 Å².